The van der Waals surface area contributed by atoms with E-state index in [1.54, 1.807) is 18.2 Å². The third kappa shape index (κ3) is 3.48. The first kappa shape index (κ1) is 20.2. The molecule has 0 aliphatic carbocycles. The largest absolute Gasteiger partial charge is 0.324 e. The predicted octanol–water partition coefficient (Wildman–Crippen LogP) is 4.68. The lowest BCUT2D eigenvalue weighted by Gasteiger charge is -2.32. The number of carbonyl (C=O) groups excluding carboxylic acids is 1. The van der Waals surface area contributed by atoms with Crippen LogP contribution in [-0.2, 0) is 21.2 Å². The zero-order valence-electron chi connectivity index (χ0n) is 17.3. The fourth-order valence-corrected chi connectivity index (χ4v) is 5.49. The Labute approximate surface area is 177 Å². The highest BCUT2D eigenvalue weighted by Crippen LogP contribution is 2.43. The summed E-state index contributed by atoms with van der Waals surface area (Å²) < 4.78 is 27.9. The Morgan fingerprint density at radius 1 is 0.967 bits per heavy atom. The molecule has 0 unspecified atom stereocenters. The molecule has 0 fully saturated rings. The Morgan fingerprint density at radius 3 is 2.47 bits per heavy atom. The molecular weight excluding hydrogens is 396 g/mol. The summed E-state index contributed by atoms with van der Waals surface area (Å²) in [6.45, 7) is 5.67. The Balaban J connectivity index is 1.73. The van der Waals surface area contributed by atoms with Crippen molar-refractivity contribution in [2.45, 2.75) is 32.1 Å². The van der Waals surface area contributed by atoms with Crippen molar-refractivity contribution in [1.82, 2.24) is 0 Å². The number of fused-ring (bicyclic) bond motifs is 3. The highest BCUT2D eigenvalue weighted by Gasteiger charge is 2.35. The average molecular weight is 421 g/mol. The highest BCUT2D eigenvalue weighted by molar-refractivity contribution is 7.93. The van der Waals surface area contributed by atoms with Gasteiger partial charge in [0.25, 0.3) is 10.0 Å². The molecule has 0 spiro atoms. The second-order valence-electron chi connectivity index (χ2n) is 7.58. The average Bonchev–Trinajstić information content (AvgIpc) is 2.73. The molecule has 1 heterocycles. The number of nitrogens with one attached hydrogen (secondary N) is 1. The summed E-state index contributed by atoms with van der Waals surface area (Å²) in [5.41, 5.74) is 5.86. The smallest absolute Gasteiger partial charge is 0.265 e. The summed E-state index contributed by atoms with van der Waals surface area (Å²) in [5.74, 6) is -0.379. The van der Waals surface area contributed by atoms with Gasteiger partial charge in [-0.05, 0) is 55.7 Å². The van der Waals surface area contributed by atoms with Crippen molar-refractivity contribution in [2.24, 2.45) is 0 Å². The summed E-state index contributed by atoms with van der Waals surface area (Å²) >= 11 is 0. The fraction of sp³-hybridized carbons (Fsp3) is 0.208. The van der Waals surface area contributed by atoms with E-state index in [0.29, 0.717) is 16.9 Å². The minimum Gasteiger partial charge on any atom is -0.324 e. The topological polar surface area (TPSA) is 66.5 Å². The van der Waals surface area contributed by atoms with Gasteiger partial charge in [0, 0.05) is 16.8 Å². The minimum atomic E-state index is -3.85. The van der Waals surface area contributed by atoms with Crippen LogP contribution in [0.1, 0.15) is 23.6 Å². The molecule has 154 valence electrons. The highest BCUT2D eigenvalue weighted by atomic mass is 32.2. The minimum absolute atomic E-state index is 0.227. The molecule has 30 heavy (non-hydrogen) atoms. The molecule has 5 nitrogen and oxygen atoms in total. The molecule has 0 saturated heterocycles. The van der Waals surface area contributed by atoms with Gasteiger partial charge < -0.3 is 5.32 Å². The molecule has 0 saturated carbocycles. The maximum Gasteiger partial charge on any atom is 0.265 e. The number of hydrogen-bond acceptors (Lipinski definition) is 3. The van der Waals surface area contributed by atoms with E-state index in [9.17, 15) is 13.2 Å². The van der Waals surface area contributed by atoms with E-state index in [-0.39, 0.29) is 17.3 Å². The SMILES string of the molecule is CCc1ccc2c(c1)-c1ccccc1S(=O)(=O)N2CC(=O)Nc1ccc(C)cc1C. The number of benzene rings is 3. The summed E-state index contributed by atoms with van der Waals surface area (Å²) in [6.07, 6.45) is 0.843. The lowest BCUT2D eigenvalue weighted by molar-refractivity contribution is -0.114. The van der Waals surface area contributed by atoms with E-state index >= 15 is 0 Å². The number of amides is 1. The number of rotatable bonds is 4. The van der Waals surface area contributed by atoms with Gasteiger partial charge in [-0.25, -0.2) is 8.42 Å². The van der Waals surface area contributed by atoms with Crippen LogP contribution in [0.5, 0.6) is 0 Å². The van der Waals surface area contributed by atoms with E-state index < -0.39 is 10.0 Å². The van der Waals surface area contributed by atoms with Gasteiger partial charge in [-0.15, -0.1) is 0 Å². The van der Waals surface area contributed by atoms with Crippen LogP contribution in [0.2, 0.25) is 0 Å². The van der Waals surface area contributed by atoms with Crippen LogP contribution >= 0.6 is 0 Å². The van der Waals surface area contributed by atoms with Crippen LogP contribution in [0.3, 0.4) is 0 Å². The quantitative estimate of drug-likeness (QED) is 0.666. The first-order valence-electron chi connectivity index (χ1n) is 9.93. The number of aryl methyl sites for hydroxylation is 3. The second kappa shape index (κ2) is 7.61. The van der Waals surface area contributed by atoms with Gasteiger partial charge in [-0.3, -0.25) is 9.10 Å². The lowest BCUT2D eigenvalue weighted by atomic mass is 9.99. The van der Waals surface area contributed by atoms with E-state index in [0.717, 1.165) is 28.7 Å². The number of hydrogen-bond donors (Lipinski definition) is 1. The first-order chi connectivity index (χ1) is 14.3. The molecule has 4 rings (SSSR count). The molecule has 1 aliphatic rings. The van der Waals surface area contributed by atoms with E-state index in [2.05, 4.69) is 12.2 Å². The van der Waals surface area contributed by atoms with Crippen molar-refractivity contribution in [3.05, 3.63) is 77.4 Å². The van der Waals surface area contributed by atoms with Gasteiger partial charge in [0.2, 0.25) is 5.91 Å². The van der Waals surface area contributed by atoms with E-state index in [1.807, 2.05) is 56.3 Å². The van der Waals surface area contributed by atoms with Gasteiger partial charge in [0.15, 0.2) is 0 Å². The molecule has 3 aromatic carbocycles. The van der Waals surface area contributed by atoms with E-state index in [4.69, 9.17) is 0 Å². The van der Waals surface area contributed by atoms with Crippen molar-refractivity contribution in [1.29, 1.82) is 0 Å². The summed E-state index contributed by atoms with van der Waals surface area (Å²) in [7, 11) is -3.85. The molecule has 3 aromatic rings. The molecule has 0 atom stereocenters. The van der Waals surface area contributed by atoms with Crippen LogP contribution < -0.4 is 9.62 Å². The normalized spacial score (nSPS) is 14.0. The summed E-state index contributed by atoms with van der Waals surface area (Å²) in [5, 5.41) is 2.85. The Morgan fingerprint density at radius 2 is 1.73 bits per heavy atom. The standard InChI is InChI=1S/C24H24N2O3S/c1-4-18-10-12-22-20(14-18)19-7-5-6-8-23(19)30(28,29)26(22)15-24(27)25-21-11-9-16(2)13-17(21)3/h5-14H,4,15H2,1-3H3,(H,25,27). The monoisotopic (exact) mass is 420 g/mol. The summed E-state index contributed by atoms with van der Waals surface area (Å²) in [4.78, 5) is 13.1. The molecule has 1 aliphatic heterocycles. The summed E-state index contributed by atoms with van der Waals surface area (Å²) in [6, 6.07) is 18.4. The molecule has 6 heteroatoms. The predicted molar refractivity (Wildman–Crippen MR) is 120 cm³/mol. The maximum atomic E-state index is 13.4. The molecular formula is C24H24N2O3S. The lowest BCUT2D eigenvalue weighted by Crippen LogP contribution is -2.40. The van der Waals surface area contributed by atoms with Crippen molar-refractivity contribution < 1.29 is 13.2 Å². The Hall–Kier alpha value is -3.12. The van der Waals surface area contributed by atoms with Gasteiger partial charge >= 0.3 is 0 Å². The number of sulfonamides is 1. The molecule has 1 N–H and O–H groups in total. The van der Waals surface area contributed by atoms with Crippen molar-refractivity contribution in [3.8, 4) is 11.1 Å². The zero-order chi connectivity index (χ0) is 21.5. The molecule has 0 bridgehead atoms. The molecule has 0 aromatic heterocycles. The van der Waals surface area contributed by atoms with Crippen LogP contribution in [0, 0.1) is 13.8 Å². The van der Waals surface area contributed by atoms with Crippen molar-refractivity contribution in [3.63, 3.8) is 0 Å². The third-order valence-corrected chi connectivity index (χ3v) is 7.24. The molecule has 1 amide bonds. The van der Waals surface area contributed by atoms with E-state index in [1.165, 1.54) is 4.31 Å². The number of anilines is 2. The Kier molecular flexibility index (Phi) is 5.12. The van der Waals surface area contributed by atoms with Crippen molar-refractivity contribution in [2.75, 3.05) is 16.2 Å². The Bertz CT molecular complexity index is 1250. The second-order valence-corrected chi connectivity index (χ2v) is 9.41. The van der Waals surface area contributed by atoms with Crippen molar-refractivity contribution >= 4 is 27.3 Å². The first-order valence-corrected chi connectivity index (χ1v) is 11.4. The fourth-order valence-electron chi connectivity index (χ4n) is 3.84. The van der Waals surface area contributed by atoms with Gasteiger partial charge in [0.1, 0.15) is 6.54 Å². The van der Waals surface area contributed by atoms with Crippen LogP contribution in [0.15, 0.2) is 65.6 Å². The van der Waals surface area contributed by atoms with Gasteiger partial charge in [-0.2, -0.15) is 0 Å². The van der Waals surface area contributed by atoms with Crippen LogP contribution in [0.25, 0.3) is 11.1 Å². The van der Waals surface area contributed by atoms with Gasteiger partial charge in [0.05, 0.1) is 10.6 Å². The maximum absolute atomic E-state index is 13.4. The molecule has 0 radical (unpaired) electrons. The third-order valence-electron chi connectivity index (χ3n) is 5.43. The number of nitrogens with zero attached hydrogens (tertiary/aromatic N) is 1. The van der Waals surface area contributed by atoms with Gasteiger partial charge in [-0.1, -0.05) is 48.9 Å². The van der Waals surface area contributed by atoms with Crippen LogP contribution in [-0.4, -0.2) is 20.9 Å². The number of carbonyl (C=O) groups is 1. The van der Waals surface area contributed by atoms with Crippen LogP contribution in [0.4, 0.5) is 11.4 Å². The zero-order valence-corrected chi connectivity index (χ0v) is 18.1.